The standard InChI is InChI=1S/C21H13F7N4O4S/c22-8-37(34,35)30-14-6-31-15(21(14,27)28)7-32(20(31)33)19-17-10(16-11(23)2-1-3-12(16)24)4-9(18(25)26)5-13(17)36-29-19/h1-5,7,14,18,30H,6,8H2/t14-/m1/s1. The van der Waals surface area contributed by atoms with Crippen LogP contribution in [0.4, 0.5) is 30.7 Å². The van der Waals surface area contributed by atoms with E-state index >= 15 is 0 Å². The van der Waals surface area contributed by atoms with Crippen LogP contribution in [0.15, 0.2) is 45.8 Å². The van der Waals surface area contributed by atoms with Crippen molar-refractivity contribution in [2.45, 2.75) is 24.9 Å². The van der Waals surface area contributed by atoms with E-state index in [4.69, 9.17) is 4.52 Å². The number of fused-ring (bicyclic) bond motifs is 2. The summed E-state index contributed by atoms with van der Waals surface area (Å²) in [5, 5.41) is 3.28. The summed E-state index contributed by atoms with van der Waals surface area (Å²) in [4.78, 5) is 13.0. The molecule has 0 spiro atoms. The Morgan fingerprint density at radius 1 is 1.19 bits per heavy atom. The highest BCUT2D eigenvalue weighted by Crippen LogP contribution is 2.41. The van der Waals surface area contributed by atoms with Crippen molar-refractivity contribution in [3.63, 3.8) is 0 Å². The third kappa shape index (κ3) is 3.90. The van der Waals surface area contributed by atoms with E-state index < -0.39 is 92.1 Å². The Bertz CT molecular complexity index is 1690. The van der Waals surface area contributed by atoms with Crippen LogP contribution in [0.1, 0.15) is 17.7 Å². The fourth-order valence-corrected chi connectivity index (χ4v) is 4.95. The molecule has 3 heterocycles. The molecule has 0 bridgehead atoms. The Labute approximate surface area is 201 Å². The van der Waals surface area contributed by atoms with Crippen molar-refractivity contribution >= 4 is 21.0 Å². The van der Waals surface area contributed by atoms with Crippen LogP contribution in [-0.4, -0.2) is 34.8 Å². The number of alkyl halides is 5. The van der Waals surface area contributed by atoms with E-state index in [9.17, 15) is 43.9 Å². The Morgan fingerprint density at radius 3 is 2.46 bits per heavy atom. The van der Waals surface area contributed by atoms with Gasteiger partial charge in [0.2, 0.25) is 16.0 Å². The van der Waals surface area contributed by atoms with Crippen LogP contribution in [0.5, 0.6) is 0 Å². The second kappa shape index (κ2) is 8.44. The van der Waals surface area contributed by atoms with E-state index in [1.54, 1.807) is 0 Å². The number of hydrogen-bond donors (Lipinski definition) is 1. The van der Waals surface area contributed by atoms with E-state index in [2.05, 4.69) is 5.16 Å². The van der Waals surface area contributed by atoms with Crippen LogP contribution in [-0.2, 0) is 22.5 Å². The molecule has 37 heavy (non-hydrogen) atoms. The third-order valence-electron chi connectivity index (χ3n) is 5.88. The SMILES string of the molecule is O=c1n(-c2noc3cc(C(F)F)cc(-c4c(F)cccc4F)c23)cc2n1C[C@@H](NS(=O)(=O)CF)C2(F)F. The second-order valence-electron chi connectivity index (χ2n) is 8.14. The molecule has 196 valence electrons. The molecular formula is C21H13F7N4O4S. The fourth-order valence-electron chi connectivity index (χ4n) is 4.23. The van der Waals surface area contributed by atoms with Gasteiger partial charge in [0.05, 0.1) is 17.5 Å². The van der Waals surface area contributed by atoms with Gasteiger partial charge in [0.25, 0.3) is 6.43 Å². The zero-order valence-corrected chi connectivity index (χ0v) is 18.9. The zero-order chi connectivity index (χ0) is 26.9. The van der Waals surface area contributed by atoms with E-state index in [0.717, 1.165) is 30.3 Å². The van der Waals surface area contributed by atoms with Gasteiger partial charge in [-0.2, -0.15) is 8.78 Å². The summed E-state index contributed by atoms with van der Waals surface area (Å²) in [5.41, 5.74) is -4.46. The minimum atomic E-state index is -4.70. The maximum absolute atomic E-state index is 15.0. The van der Waals surface area contributed by atoms with Crippen molar-refractivity contribution in [2.24, 2.45) is 0 Å². The van der Waals surface area contributed by atoms with Crippen LogP contribution in [0.2, 0.25) is 0 Å². The van der Waals surface area contributed by atoms with Crippen LogP contribution < -0.4 is 10.4 Å². The molecule has 0 radical (unpaired) electrons. The predicted octanol–water partition coefficient (Wildman–Crippen LogP) is 3.98. The van der Waals surface area contributed by atoms with E-state index in [1.165, 1.54) is 4.72 Å². The van der Waals surface area contributed by atoms with Gasteiger partial charge < -0.3 is 4.52 Å². The lowest BCUT2D eigenvalue weighted by Gasteiger charge is -2.18. The van der Waals surface area contributed by atoms with E-state index in [0.29, 0.717) is 15.3 Å². The van der Waals surface area contributed by atoms with Gasteiger partial charge in [-0.3, -0.25) is 4.57 Å². The van der Waals surface area contributed by atoms with Gasteiger partial charge in [0, 0.05) is 17.3 Å². The maximum atomic E-state index is 15.0. The summed E-state index contributed by atoms with van der Waals surface area (Å²) in [7, 11) is -4.70. The Kier molecular flexibility index (Phi) is 5.71. The summed E-state index contributed by atoms with van der Waals surface area (Å²) in [6, 6.07) is 0.228. The van der Waals surface area contributed by atoms with Gasteiger partial charge in [-0.15, -0.1) is 0 Å². The number of rotatable bonds is 6. The molecule has 0 saturated heterocycles. The normalized spacial score (nSPS) is 17.1. The summed E-state index contributed by atoms with van der Waals surface area (Å²) in [6.45, 7) is -0.881. The first-order chi connectivity index (χ1) is 17.4. The number of benzene rings is 2. The number of nitrogens with one attached hydrogen (secondary N) is 1. The van der Waals surface area contributed by atoms with Crippen molar-refractivity contribution in [1.82, 2.24) is 19.0 Å². The van der Waals surface area contributed by atoms with Crippen LogP contribution in [0.25, 0.3) is 27.9 Å². The van der Waals surface area contributed by atoms with E-state index in [-0.39, 0.29) is 5.39 Å². The van der Waals surface area contributed by atoms with Gasteiger partial charge in [-0.1, -0.05) is 11.2 Å². The summed E-state index contributed by atoms with van der Waals surface area (Å²) >= 11 is 0. The quantitative estimate of drug-likeness (QED) is 0.367. The van der Waals surface area contributed by atoms with Crippen LogP contribution >= 0.6 is 0 Å². The molecule has 16 heteroatoms. The molecule has 0 fully saturated rings. The van der Waals surface area contributed by atoms with Gasteiger partial charge >= 0.3 is 11.6 Å². The molecule has 2 aromatic carbocycles. The van der Waals surface area contributed by atoms with Gasteiger partial charge in [-0.25, -0.2) is 44.5 Å². The zero-order valence-electron chi connectivity index (χ0n) is 18.1. The average molecular weight is 550 g/mol. The predicted molar refractivity (Wildman–Crippen MR) is 114 cm³/mol. The highest BCUT2D eigenvalue weighted by Gasteiger charge is 2.52. The second-order valence-corrected chi connectivity index (χ2v) is 9.82. The van der Waals surface area contributed by atoms with Crippen molar-refractivity contribution in [2.75, 3.05) is 6.01 Å². The molecule has 8 nitrogen and oxygen atoms in total. The average Bonchev–Trinajstić information content (AvgIpc) is 3.46. The van der Waals surface area contributed by atoms with Crippen molar-refractivity contribution < 1.29 is 43.7 Å². The van der Waals surface area contributed by atoms with E-state index in [1.807, 2.05) is 0 Å². The highest BCUT2D eigenvalue weighted by molar-refractivity contribution is 7.89. The number of aromatic nitrogens is 3. The third-order valence-corrected chi connectivity index (χ3v) is 6.81. The molecule has 0 aliphatic carbocycles. The Morgan fingerprint density at radius 2 is 1.86 bits per heavy atom. The molecule has 1 N–H and O–H groups in total. The Hall–Kier alpha value is -3.66. The first-order valence-electron chi connectivity index (χ1n) is 10.3. The number of nitrogens with zero attached hydrogens (tertiary/aromatic N) is 3. The largest absolute Gasteiger partial charge is 0.354 e. The van der Waals surface area contributed by atoms with Crippen LogP contribution in [0, 0.1) is 11.6 Å². The summed E-state index contributed by atoms with van der Waals surface area (Å²) < 4.78 is 129. The first kappa shape index (κ1) is 25.0. The monoisotopic (exact) mass is 550 g/mol. The van der Waals surface area contributed by atoms with Crippen molar-refractivity contribution in [1.29, 1.82) is 0 Å². The molecular weight excluding hydrogens is 537 g/mol. The molecule has 0 unspecified atom stereocenters. The fraction of sp³-hybridized carbons (Fsp3) is 0.238. The lowest BCUT2D eigenvalue weighted by atomic mass is 9.97. The Balaban J connectivity index is 1.72. The van der Waals surface area contributed by atoms with Gasteiger partial charge in [0.15, 0.2) is 11.4 Å². The molecule has 4 aromatic rings. The molecule has 2 aromatic heterocycles. The van der Waals surface area contributed by atoms with Crippen molar-refractivity contribution in [3.05, 3.63) is 69.9 Å². The van der Waals surface area contributed by atoms with Gasteiger partial charge in [-0.05, 0) is 24.3 Å². The first-order valence-corrected chi connectivity index (χ1v) is 11.9. The molecule has 5 rings (SSSR count). The summed E-state index contributed by atoms with van der Waals surface area (Å²) in [5.74, 6) is -6.78. The number of halogens is 7. The lowest BCUT2D eigenvalue weighted by Crippen LogP contribution is -2.45. The minimum Gasteiger partial charge on any atom is -0.354 e. The van der Waals surface area contributed by atoms with Crippen molar-refractivity contribution in [3.8, 4) is 16.9 Å². The number of hydrogen-bond acceptors (Lipinski definition) is 5. The smallest absolute Gasteiger partial charge is 0.334 e. The minimum absolute atomic E-state index is 0.322. The topological polar surface area (TPSA) is 99.1 Å². The number of imidazole rings is 1. The lowest BCUT2D eigenvalue weighted by molar-refractivity contribution is -0.0249. The number of sulfonamides is 1. The summed E-state index contributed by atoms with van der Waals surface area (Å²) in [6.07, 6.45) is -2.48. The maximum Gasteiger partial charge on any atom is 0.334 e. The molecule has 1 aliphatic rings. The van der Waals surface area contributed by atoms with Crippen LogP contribution in [0.3, 0.4) is 0 Å². The van der Waals surface area contributed by atoms with Gasteiger partial charge in [0.1, 0.15) is 23.4 Å². The molecule has 0 amide bonds. The molecule has 0 saturated carbocycles. The molecule has 1 aliphatic heterocycles. The molecule has 1 atom stereocenters. The highest BCUT2D eigenvalue weighted by atomic mass is 32.2.